The number of thiocarbonyl (C=S) groups is 1. The fraction of sp³-hybridized carbons (Fsp3) is 0.833. The summed E-state index contributed by atoms with van der Waals surface area (Å²) in [7, 11) is 0. The Morgan fingerprint density at radius 2 is 2.09 bits per heavy atom. The van der Waals surface area contributed by atoms with Gasteiger partial charge in [0, 0.05) is 6.54 Å². The maximum Gasteiger partial charge on any atom is 0.178 e. The van der Waals surface area contributed by atoms with Gasteiger partial charge in [-0.05, 0) is 31.5 Å². The van der Waals surface area contributed by atoms with Crippen molar-refractivity contribution >= 4 is 17.3 Å². The lowest BCUT2D eigenvalue weighted by molar-refractivity contribution is 0.451. The van der Waals surface area contributed by atoms with Crippen molar-refractivity contribution in [3.05, 3.63) is 0 Å². The van der Waals surface area contributed by atoms with Gasteiger partial charge in [-0.2, -0.15) is 0 Å². The number of hydrogen-bond acceptors (Lipinski definition) is 2. The number of unbranched alkanes of at least 4 members (excludes halogenated alkanes) is 2. The molecule has 66 valence electrons. The molecule has 0 atom stereocenters. The average molecular weight is 179 g/mol. The van der Waals surface area contributed by atoms with Crippen LogP contribution in [0.25, 0.3) is 0 Å². The molecule has 0 radical (unpaired) electrons. The Morgan fingerprint density at radius 3 is 2.64 bits per heavy atom. The summed E-state index contributed by atoms with van der Waals surface area (Å²) in [6, 6.07) is 0. The molecule has 0 aliphatic heterocycles. The van der Waals surface area contributed by atoms with Crippen LogP contribution in [-0.4, -0.2) is 18.3 Å². The predicted octanol–water partition coefficient (Wildman–Crippen LogP) is 0.464. The van der Waals surface area contributed by atoms with Gasteiger partial charge < -0.3 is 5.73 Å². The largest absolute Gasteiger partial charge is 0.375 e. The van der Waals surface area contributed by atoms with Crippen LogP contribution in [0.2, 0.25) is 0 Å². The monoisotopic (exact) mass is 179 g/mol. The lowest BCUT2D eigenvalue weighted by Gasteiger charge is -2.04. The van der Waals surface area contributed by atoms with Gasteiger partial charge in [0.1, 0.15) is 0 Å². The molecule has 3 nitrogen and oxygen atoms in total. The summed E-state index contributed by atoms with van der Waals surface area (Å²) in [5, 5.41) is 0.232. The smallest absolute Gasteiger partial charge is 0.178 e. The molecule has 5 heteroatoms. The molecule has 0 amide bonds. The summed E-state index contributed by atoms with van der Waals surface area (Å²) in [4.78, 5) is 0. The predicted molar refractivity (Wildman–Crippen MR) is 47.7 cm³/mol. The molecule has 11 heavy (non-hydrogen) atoms. The number of nitrogens with one attached hydrogen (secondary N) is 2. The van der Waals surface area contributed by atoms with Gasteiger partial charge in [0.15, 0.2) is 5.11 Å². The number of alkyl halides is 1. The van der Waals surface area contributed by atoms with E-state index in [9.17, 15) is 4.39 Å². The molecule has 0 spiro atoms. The quantitative estimate of drug-likeness (QED) is 0.315. The van der Waals surface area contributed by atoms with E-state index >= 15 is 0 Å². The van der Waals surface area contributed by atoms with E-state index in [-0.39, 0.29) is 11.8 Å². The third kappa shape index (κ3) is 9.58. The van der Waals surface area contributed by atoms with Crippen molar-refractivity contribution in [1.29, 1.82) is 0 Å². The van der Waals surface area contributed by atoms with Gasteiger partial charge in [-0.15, -0.1) is 0 Å². The van der Waals surface area contributed by atoms with Crippen molar-refractivity contribution in [2.24, 2.45) is 5.73 Å². The third-order valence-electron chi connectivity index (χ3n) is 1.15. The summed E-state index contributed by atoms with van der Waals surface area (Å²) in [6.07, 6.45) is 2.46. The highest BCUT2D eigenvalue weighted by Gasteiger charge is 1.88. The molecular weight excluding hydrogens is 165 g/mol. The second-order valence-corrected chi connectivity index (χ2v) is 2.61. The fourth-order valence-electron chi connectivity index (χ4n) is 0.634. The van der Waals surface area contributed by atoms with Crippen LogP contribution in [0, 0.1) is 0 Å². The molecule has 0 unspecified atom stereocenters. The second-order valence-electron chi connectivity index (χ2n) is 2.17. The summed E-state index contributed by atoms with van der Waals surface area (Å²) in [5.41, 5.74) is 10.5. The molecule has 0 aliphatic rings. The molecule has 0 saturated carbocycles. The van der Waals surface area contributed by atoms with Crippen LogP contribution >= 0.6 is 12.2 Å². The molecule has 4 N–H and O–H groups in total. The van der Waals surface area contributed by atoms with Crippen LogP contribution in [0.4, 0.5) is 4.39 Å². The molecule has 0 aromatic rings. The van der Waals surface area contributed by atoms with Gasteiger partial charge in [0.05, 0.1) is 6.67 Å². The molecule has 0 saturated heterocycles. The maximum atomic E-state index is 11.6. The van der Waals surface area contributed by atoms with Crippen molar-refractivity contribution in [2.45, 2.75) is 19.3 Å². The van der Waals surface area contributed by atoms with E-state index in [4.69, 9.17) is 5.73 Å². The van der Waals surface area contributed by atoms with Gasteiger partial charge in [-0.25, -0.2) is 5.43 Å². The van der Waals surface area contributed by atoms with Crippen molar-refractivity contribution in [2.75, 3.05) is 13.2 Å². The first-order valence-electron chi connectivity index (χ1n) is 3.61. The Kier molecular flexibility index (Phi) is 7.39. The maximum absolute atomic E-state index is 11.6. The Bertz CT molecular complexity index is 110. The van der Waals surface area contributed by atoms with E-state index < -0.39 is 0 Å². The number of hydrogen-bond donors (Lipinski definition) is 3. The van der Waals surface area contributed by atoms with Crippen LogP contribution in [0.3, 0.4) is 0 Å². The highest BCUT2D eigenvalue weighted by atomic mass is 32.1. The van der Waals surface area contributed by atoms with E-state index in [1.54, 1.807) is 0 Å². The Balaban J connectivity index is 2.85. The summed E-state index contributed by atoms with van der Waals surface area (Å²) < 4.78 is 11.6. The van der Waals surface area contributed by atoms with Crippen LogP contribution in [0.5, 0.6) is 0 Å². The normalized spacial score (nSPS) is 9.55. The van der Waals surface area contributed by atoms with Crippen LogP contribution in [-0.2, 0) is 0 Å². The molecule has 0 bridgehead atoms. The number of rotatable bonds is 6. The highest BCUT2D eigenvalue weighted by Crippen LogP contribution is 1.92. The van der Waals surface area contributed by atoms with E-state index in [0.29, 0.717) is 6.42 Å². The Morgan fingerprint density at radius 1 is 1.36 bits per heavy atom. The van der Waals surface area contributed by atoms with E-state index in [1.165, 1.54) is 0 Å². The zero-order chi connectivity index (χ0) is 8.53. The van der Waals surface area contributed by atoms with E-state index in [2.05, 4.69) is 23.1 Å². The van der Waals surface area contributed by atoms with Crippen LogP contribution in [0.15, 0.2) is 0 Å². The lowest BCUT2D eigenvalue weighted by atomic mass is 10.2. The van der Waals surface area contributed by atoms with Gasteiger partial charge >= 0.3 is 0 Å². The third-order valence-corrected chi connectivity index (χ3v) is 1.25. The van der Waals surface area contributed by atoms with Crippen molar-refractivity contribution < 1.29 is 4.39 Å². The first kappa shape index (κ1) is 10.6. The number of nitrogens with two attached hydrogens (primary N) is 1. The fourth-order valence-corrected chi connectivity index (χ4v) is 0.706. The Labute approximate surface area is 71.5 Å². The zero-order valence-corrected chi connectivity index (χ0v) is 7.22. The van der Waals surface area contributed by atoms with Gasteiger partial charge in [-0.3, -0.25) is 9.82 Å². The van der Waals surface area contributed by atoms with Gasteiger partial charge in [0.2, 0.25) is 0 Å². The Hall–Kier alpha value is -0.420. The average Bonchev–Trinajstić information content (AvgIpc) is 1.96. The standard InChI is InChI=1S/C6H14FN3S/c7-4-2-1-3-5-9-10-6(8)11/h9H,1-5H2,(H3,8,10,11). The molecule has 0 aliphatic carbocycles. The summed E-state index contributed by atoms with van der Waals surface area (Å²) in [6.45, 7) is 0.528. The molecular formula is C6H14FN3S. The topological polar surface area (TPSA) is 50.1 Å². The van der Waals surface area contributed by atoms with Crippen LogP contribution < -0.4 is 16.6 Å². The minimum Gasteiger partial charge on any atom is -0.375 e. The lowest BCUT2D eigenvalue weighted by Crippen LogP contribution is -2.41. The summed E-state index contributed by atoms with van der Waals surface area (Å²) >= 11 is 4.54. The van der Waals surface area contributed by atoms with Crippen molar-refractivity contribution in [3.63, 3.8) is 0 Å². The number of hydrazine groups is 1. The van der Waals surface area contributed by atoms with Crippen molar-refractivity contribution in [1.82, 2.24) is 10.9 Å². The van der Waals surface area contributed by atoms with Crippen LogP contribution in [0.1, 0.15) is 19.3 Å². The molecule has 0 rings (SSSR count). The van der Waals surface area contributed by atoms with Crippen molar-refractivity contribution in [3.8, 4) is 0 Å². The van der Waals surface area contributed by atoms with Gasteiger partial charge in [0.25, 0.3) is 0 Å². The SMILES string of the molecule is NC(=S)NNCCCCCF. The minimum absolute atomic E-state index is 0.232. The molecule has 0 fully saturated rings. The summed E-state index contributed by atoms with van der Waals surface area (Å²) in [5.74, 6) is 0. The minimum atomic E-state index is -0.233. The molecule has 0 aromatic carbocycles. The first-order chi connectivity index (χ1) is 5.27. The first-order valence-corrected chi connectivity index (χ1v) is 4.02. The second kappa shape index (κ2) is 7.68. The zero-order valence-electron chi connectivity index (χ0n) is 6.40. The van der Waals surface area contributed by atoms with E-state index in [1.807, 2.05) is 0 Å². The molecule has 0 aromatic heterocycles. The van der Waals surface area contributed by atoms with E-state index in [0.717, 1.165) is 19.4 Å². The number of halogens is 1. The highest BCUT2D eigenvalue weighted by molar-refractivity contribution is 7.80. The molecule has 0 heterocycles. The van der Waals surface area contributed by atoms with Gasteiger partial charge in [-0.1, -0.05) is 0 Å².